The van der Waals surface area contributed by atoms with Crippen LogP contribution in [-0.2, 0) is 6.18 Å². The Hall–Kier alpha value is -3.69. The van der Waals surface area contributed by atoms with Crippen LogP contribution in [0.4, 0.5) is 24.5 Å². The molecule has 0 radical (unpaired) electrons. The van der Waals surface area contributed by atoms with E-state index in [1.54, 1.807) is 35.2 Å². The Bertz CT molecular complexity index is 1090. The van der Waals surface area contributed by atoms with Gasteiger partial charge >= 0.3 is 6.18 Å². The molecule has 3 aromatic heterocycles. The van der Waals surface area contributed by atoms with E-state index in [2.05, 4.69) is 15.3 Å². The lowest BCUT2D eigenvalue weighted by atomic mass is 10.1. The van der Waals surface area contributed by atoms with Gasteiger partial charge in [-0.05, 0) is 37.3 Å². The molecule has 4 heterocycles. The highest BCUT2D eigenvalue weighted by Crippen LogP contribution is 2.32. The van der Waals surface area contributed by atoms with Gasteiger partial charge in [-0.3, -0.25) is 14.6 Å². The van der Waals surface area contributed by atoms with Crippen molar-refractivity contribution in [3.05, 3.63) is 72.1 Å². The number of pyridine rings is 2. The van der Waals surface area contributed by atoms with E-state index < -0.39 is 23.7 Å². The second-order valence-corrected chi connectivity index (χ2v) is 6.85. The third-order valence-corrected chi connectivity index (χ3v) is 4.80. The van der Waals surface area contributed by atoms with E-state index in [0.29, 0.717) is 5.69 Å². The van der Waals surface area contributed by atoms with Gasteiger partial charge in [0.25, 0.3) is 11.8 Å². The molecule has 0 saturated heterocycles. The second-order valence-electron chi connectivity index (χ2n) is 6.85. The van der Waals surface area contributed by atoms with Crippen LogP contribution >= 0.6 is 0 Å². The molecular weight excluding hydrogens is 399 g/mol. The van der Waals surface area contributed by atoms with Crippen LogP contribution in [0.25, 0.3) is 0 Å². The van der Waals surface area contributed by atoms with Crippen LogP contribution in [0.3, 0.4) is 0 Å². The van der Waals surface area contributed by atoms with Gasteiger partial charge in [-0.2, -0.15) is 13.2 Å². The smallest absolute Gasteiger partial charge is 0.338 e. The van der Waals surface area contributed by atoms with Crippen molar-refractivity contribution in [3.8, 4) is 0 Å². The van der Waals surface area contributed by atoms with Crippen LogP contribution < -0.4 is 10.2 Å². The number of carbonyl (C=O) groups is 2. The van der Waals surface area contributed by atoms with Gasteiger partial charge in [-0.25, -0.2) is 4.98 Å². The van der Waals surface area contributed by atoms with Gasteiger partial charge in [0.2, 0.25) is 0 Å². The summed E-state index contributed by atoms with van der Waals surface area (Å²) in [4.78, 5) is 34.6. The summed E-state index contributed by atoms with van der Waals surface area (Å²) in [6, 6.07) is 6.71. The Labute approximate surface area is 169 Å². The minimum Gasteiger partial charge on any atom is -0.338 e. The first kappa shape index (κ1) is 19.6. The van der Waals surface area contributed by atoms with E-state index in [4.69, 9.17) is 0 Å². The molecule has 0 fully saturated rings. The quantitative estimate of drug-likeness (QED) is 0.706. The Balaban J connectivity index is 1.65. The van der Waals surface area contributed by atoms with Crippen molar-refractivity contribution in [2.45, 2.75) is 19.1 Å². The largest absolute Gasteiger partial charge is 0.433 e. The van der Waals surface area contributed by atoms with E-state index in [1.165, 1.54) is 17.2 Å². The molecule has 1 N–H and O–H groups in total. The van der Waals surface area contributed by atoms with Crippen LogP contribution in [0.5, 0.6) is 0 Å². The highest BCUT2D eigenvalue weighted by atomic mass is 19.4. The predicted octanol–water partition coefficient (Wildman–Crippen LogP) is 3.77. The number of hydrogen-bond acceptors (Lipinski definition) is 4. The highest BCUT2D eigenvalue weighted by molar-refractivity contribution is 6.15. The molecule has 30 heavy (non-hydrogen) atoms. The predicted molar refractivity (Wildman–Crippen MR) is 102 cm³/mol. The first-order chi connectivity index (χ1) is 14.3. The zero-order valence-electron chi connectivity index (χ0n) is 15.7. The molecule has 0 spiro atoms. The fourth-order valence-corrected chi connectivity index (χ4v) is 3.36. The fourth-order valence-electron chi connectivity index (χ4n) is 3.36. The second kappa shape index (κ2) is 7.29. The average Bonchev–Trinajstić information content (AvgIpc) is 3.17. The summed E-state index contributed by atoms with van der Waals surface area (Å²) in [5, 5.41) is 2.69. The Morgan fingerprint density at radius 3 is 2.63 bits per heavy atom. The molecule has 0 aromatic carbocycles. The van der Waals surface area contributed by atoms with Crippen molar-refractivity contribution in [2.24, 2.45) is 0 Å². The van der Waals surface area contributed by atoms with E-state index in [-0.39, 0.29) is 29.5 Å². The van der Waals surface area contributed by atoms with E-state index in [9.17, 15) is 22.8 Å². The molecule has 154 valence electrons. The Kier molecular flexibility index (Phi) is 4.76. The maximum absolute atomic E-state index is 13.1. The van der Waals surface area contributed by atoms with Gasteiger partial charge < -0.3 is 14.8 Å². The summed E-state index contributed by atoms with van der Waals surface area (Å²) in [6.07, 6.45) is 1.14. The number of rotatable bonds is 3. The number of amides is 2. The van der Waals surface area contributed by atoms with Gasteiger partial charge in [-0.1, -0.05) is 0 Å². The number of nitrogens with one attached hydrogen (secondary N) is 1. The van der Waals surface area contributed by atoms with Gasteiger partial charge in [0.15, 0.2) is 0 Å². The fraction of sp³-hybridized carbons (Fsp3) is 0.200. The van der Waals surface area contributed by atoms with Crippen molar-refractivity contribution < 1.29 is 22.8 Å². The van der Waals surface area contributed by atoms with Gasteiger partial charge in [-0.15, -0.1) is 0 Å². The van der Waals surface area contributed by atoms with Crippen LogP contribution in [0.2, 0.25) is 0 Å². The lowest BCUT2D eigenvalue weighted by Gasteiger charge is -2.33. The van der Waals surface area contributed by atoms with Crippen molar-refractivity contribution in [1.29, 1.82) is 0 Å². The van der Waals surface area contributed by atoms with Gasteiger partial charge in [0.05, 0.1) is 29.3 Å². The van der Waals surface area contributed by atoms with Crippen molar-refractivity contribution in [2.75, 3.05) is 16.8 Å². The zero-order chi connectivity index (χ0) is 21.5. The monoisotopic (exact) mass is 415 g/mol. The van der Waals surface area contributed by atoms with Crippen LogP contribution in [0.15, 0.2) is 55.1 Å². The molecule has 10 heteroatoms. The van der Waals surface area contributed by atoms with Crippen LogP contribution in [0, 0.1) is 0 Å². The SMILES string of the molecule is C[C@H]1CN(c2ccc(C(F)(F)F)nc2)C(=O)c2c(C(=O)Nc3cccnc3)ccn21. The molecule has 0 unspecified atom stereocenters. The maximum atomic E-state index is 13.1. The minimum absolute atomic E-state index is 0.162. The number of anilines is 2. The zero-order valence-corrected chi connectivity index (χ0v) is 15.7. The normalized spacial score (nSPS) is 16.3. The number of fused-ring (bicyclic) bond motifs is 1. The standard InChI is InChI=1S/C20H16F3N5O2/c1-12-11-28(14-4-5-16(25-10-14)20(21,22)23)19(30)17-15(6-8-27(12)17)18(29)26-13-3-2-7-24-9-13/h2-10,12H,11H2,1H3,(H,26,29)/t12-/m0/s1. The topological polar surface area (TPSA) is 80.1 Å². The first-order valence-electron chi connectivity index (χ1n) is 9.03. The van der Waals surface area contributed by atoms with Gasteiger partial charge in [0.1, 0.15) is 11.4 Å². The van der Waals surface area contributed by atoms with Crippen molar-refractivity contribution >= 4 is 23.2 Å². The molecule has 1 aliphatic heterocycles. The molecule has 7 nitrogen and oxygen atoms in total. The van der Waals surface area contributed by atoms with Gasteiger partial charge in [0, 0.05) is 25.0 Å². The molecule has 1 atom stereocenters. The third-order valence-electron chi connectivity index (χ3n) is 4.80. The summed E-state index contributed by atoms with van der Waals surface area (Å²) in [7, 11) is 0. The number of carbonyl (C=O) groups excluding carboxylic acids is 2. The summed E-state index contributed by atoms with van der Waals surface area (Å²) >= 11 is 0. The summed E-state index contributed by atoms with van der Waals surface area (Å²) in [5.74, 6) is -0.972. The van der Waals surface area contributed by atoms with Crippen LogP contribution in [0.1, 0.15) is 39.5 Å². The van der Waals surface area contributed by atoms with E-state index in [0.717, 1.165) is 12.3 Å². The molecule has 0 aliphatic carbocycles. The number of halogens is 3. The molecule has 2 amide bonds. The molecule has 0 saturated carbocycles. The summed E-state index contributed by atoms with van der Waals surface area (Å²) in [5.41, 5.74) is -0.00699. The minimum atomic E-state index is -4.57. The average molecular weight is 415 g/mol. The van der Waals surface area contributed by atoms with Crippen molar-refractivity contribution in [1.82, 2.24) is 14.5 Å². The van der Waals surface area contributed by atoms with E-state index >= 15 is 0 Å². The number of aromatic nitrogens is 3. The van der Waals surface area contributed by atoms with Crippen molar-refractivity contribution in [3.63, 3.8) is 0 Å². The number of hydrogen-bond donors (Lipinski definition) is 1. The lowest BCUT2D eigenvalue weighted by molar-refractivity contribution is -0.141. The highest BCUT2D eigenvalue weighted by Gasteiger charge is 2.36. The third kappa shape index (κ3) is 3.51. The van der Waals surface area contributed by atoms with Crippen LogP contribution in [-0.4, -0.2) is 32.9 Å². The molecule has 1 aliphatic rings. The summed E-state index contributed by atoms with van der Waals surface area (Å²) < 4.78 is 40.0. The molecule has 4 rings (SSSR count). The lowest BCUT2D eigenvalue weighted by Crippen LogP contribution is -2.43. The number of alkyl halides is 3. The maximum Gasteiger partial charge on any atom is 0.433 e. The number of nitrogens with zero attached hydrogens (tertiary/aromatic N) is 4. The first-order valence-corrected chi connectivity index (χ1v) is 9.03. The summed E-state index contributed by atoms with van der Waals surface area (Å²) in [6.45, 7) is 2.08. The molecular formula is C20H16F3N5O2. The Morgan fingerprint density at radius 2 is 2.00 bits per heavy atom. The molecule has 0 bridgehead atoms. The molecule has 3 aromatic rings. The van der Waals surface area contributed by atoms with E-state index in [1.807, 2.05) is 6.92 Å². The Morgan fingerprint density at radius 1 is 1.20 bits per heavy atom.